The topological polar surface area (TPSA) is 51.7 Å². The number of ether oxygens (including phenoxy) is 2. The molecule has 1 heterocycles. The van der Waals surface area contributed by atoms with Gasteiger partial charge in [0.15, 0.2) is 0 Å². The molecule has 0 spiro atoms. The van der Waals surface area contributed by atoms with Gasteiger partial charge in [0.1, 0.15) is 24.5 Å². The molecule has 3 aromatic rings. The van der Waals surface area contributed by atoms with Gasteiger partial charge in [-0.2, -0.15) is 13.2 Å². The Labute approximate surface area is 207 Å². The number of nitrogens with zero attached hydrogens (tertiary/aromatic N) is 2. The van der Waals surface area contributed by atoms with E-state index in [4.69, 9.17) is 9.47 Å². The van der Waals surface area contributed by atoms with Crippen molar-refractivity contribution in [3.05, 3.63) is 58.6 Å². The van der Waals surface area contributed by atoms with Crippen LogP contribution in [0.1, 0.15) is 43.8 Å². The molecule has 3 rings (SSSR count). The summed E-state index contributed by atoms with van der Waals surface area (Å²) in [6, 6.07) is 10.9. The van der Waals surface area contributed by atoms with Crippen molar-refractivity contribution < 1.29 is 27.4 Å². The SMILES string of the molecule is CCN(CCOC(=O)C(C)(C)C)CCOc1cccc2sc(Cc3ccc(C(F)(F)F)cc3)nc12. The number of halogens is 3. The van der Waals surface area contributed by atoms with E-state index in [1.54, 1.807) is 0 Å². The summed E-state index contributed by atoms with van der Waals surface area (Å²) in [7, 11) is 0. The van der Waals surface area contributed by atoms with Crippen molar-refractivity contribution in [1.82, 2.24) is 9.88 Å². The van der Waals surface area contributed by atoms with E-state index in [2.05, 4.69) is 9.88 Å². The molecule has 0 N–H and O–H groups in total. The lowest BCUT2D eigenvalue weighted by molar-refractivity contribution is -0.153. The van der Waals surface area contributed by atoms with Gasteiger partial charge in [-0.25, -0.2) is 4.98 Å². The van der Waals surface area contributed by atoms with Crippen LogP contribution in [-0.2, 0) is 22.1 Å². The predicted octanol–water partition coefficient (Wildman–Crippen LogP) is 6.20. The Bertz CT molecular complexity index is 1120. The highest BCUT2D eigenvalue weighted by molar-refractivity contribution is 7.18. The van der Waals surface area contributed by atoms with E-state index < -0.39 is 17.2 Å². The Hall–Kier alpha value is -2.65. The van der Waals surface area contributed by atoms with E-state index >= 15 is 0 Å². The number of likely N-dealkylation sites (N-methyl/N-ethyl adjacent to an activating group) is 1. The Morgan fingerprint density at radius 2 is 1.71 bits per heavy atom. The van der Waals surface area contributed by atoms with E-state index in [-0.39, 0.29) is 5.97 Å². The smallest absolute Gasteiger partial charge is 0.416 e. The van der Waals surface area contributed by atoms with Crippen LogP contribution < -0.4 is 4.74 Å². The summed E-state index contributed by atoms with van der Waals surface area (Å²) in [5.74, 6) is 0.458. The van der Waals surface area contributed by atoms with Crippen molar-refractivity contribution in [3.8, 4) is 5.75 Å². The molecule has 190 valence electrons. The van der Waals surface area contributed by atoms with Gasteiger partial charge in [-0.1, -0.05) is 25.1 Å². The third kappa shape index (κ3) is 7.67. The molecule has 2 aromatic carbocycles. The first-order valence-electron chi connectivity index (χ1n) is 11.5. The molecule has 35 heavy (non-hydrogen) atoms. The van der Waals surface area contributed by atoms with Crippen LogP contribution in [0.2, 0.25) is 0 Å². The summed E-state index contributed by atoms with van der Waals surface area (Å²) >= 11 is 1.50. The number of fused-ring (bicyclic) bond motifs is 1. The van der Waals surface area contributed by atoms with Crippen molar-refractivity contribution in [2.45, 2.75) is 40.3 Å². The lowest BCUT2D eigenvalue weighted by atomic mass is 9.97. The van der Waals surface area contributed by atoms with Gasteiger partial charge < -0.3 is 9.47 Å². The summed E-state index contributed by atoms with van der Waals surface area (Å²) < 4.78 is 50.7. The quantitative estimate of drug-likeness (QED) is 0.306. The number of esters is 1. The molecule has 9 heteroatoms. The standard InChI is InChI=1S/C26H31F3N2O3S/c1-5-31(14-16-34-24(32)25(2,3)4)13-15-33-20-7-6-8-21-23(20)30-22(35-21)17-18-9-11-19(12-10-18)26(27,28)29/h6-12H,5,13-17H2,1-4H3. The average Bonchev–Trinajstić information content (AvgIpc) is 3.20. The van der Waals surface area contributed by atoms with Crippen LogP contribution in [0.15, 0.2) is 42.5 Å². The minimum atomic E-state index is -4.34. The predicted molar refractivity (Wildman–Crippen MR) is 132 cm³/mol. The van der Waals surface area contributed by atoms with Crippen LogP contribution in [0.4, 0.5) is 13.2 Å². The minimum Gasteiger partial charge on any atom is -0.490 e. The average molecular weight is 509 g/mol. The van der Waals surface area contributed by atoms with Gasteiger partial charge in [0, 0.05) is 19.5 Å². The summed E-state index contributed by atoms with van der Waals surface area (Å²) in [5, 5.41) is 0.812. The monoisotopic (exact) mass is 508 g/mol. The fourth-order valence-corrected chi connectivity index (χ4v) is 4.36. The zero-order valence-electron chi connectivity index (χ0n) is 20.4. The molecule has 5 nitrogen and oxygen atoms in total. The molecule has 0 aliphatic heterocycles. The number of aromatic nitrogens is 1. The molecule has 0 bridgehead atoms. The second kappa shape index (κ2) is 11.4. The normalized spacial score (nSPS) is 12.3. The molecule has 1 aromatic heterocycles. The van der Waals surface area contributed by atoms with E-state index in [9.17, 15) is 18.0 Å². The fraction of sp³-hybridized carbons (Fsp3) is 0.462. The molecular formula is C26H31F3N2O3S. The summed E-state index contributed by atoms with van der Waals surface area (Å²) in [4.78, 5) is 18.7. The molecular weight excluding hydrogens is 477 g/mol. The number of carbonyl (C=O) groups is 1. The lowest BCUT2D eigenvalue weighted by Crippen LogP contribution is -2.33. The van der Waals surface area contributed by atoms with Gasteiger partial charge in [-0.3, -0.25) is 9.69 Å². The Morgan fingerprint density at radius 1 is 1.03 bits per heavy atom. The summed E-state index contributed by atoms with van der Waals surface area (Å²) in [6.45, 7) is 10.4. The lowest BCUT2D eigenvalue weighted by Gasteiger charge is -2.22. The maximum Gasteiger partial charge on any atom is 0.416 e. The second-order valence-electron chi connectivity index (χ2n) is 9.25. The van der Waals surface area contributed by atoms with Gasteiger partial charge >= 0.3 is 12.1 Å². The third-order valence-corrected chi connectivity index (χ3v) is 6.45. The highest BCUT2D eigenvalue weighted by atomic mass is 32.1. The van der Waals surface area contributed by atoms with Crippen molar-refractivity contribution in [3.63, 3.8) is 0 Å². The molecule has 0 amide bonds. The summed E-state index contributed by atoms with van der Waals surface area (Å²) in [6.07, 6.45) is -3.89. The molecule has 0 saturated carbocycles. The molecule has 0 fully saturated rings. The summed E-state index contributed by atoms with van der Waals surface area (Å²) in [5.41, 5.74) is 0.346. The maximum absolute atomic E-state index is 12.8. The van der Waals surface area contributed by atoms with E-state index in [0.717, 1.165) is 39.5 Å². The number of hydrogen-bond acceptors (Lipinski definition) is 6. The van der Waals surface area contributed by atoms with E-state index in [1.165, 1.54) is 23.5 Å². The van der Waals surface area contributed by atoms with Crippen LogP contribution in [0.25, 0.3) is 10.2 Å². The Kier molecular flexibility index (Phi) is 8.77. The molecule has 0 saturated heterocycles. The molecule has 0 radical (unpaired) electrons. The van der Waals surface area contributed by atoms with Crippen LogP contribution in [0, 0.1) is 5.41 Å². The van der Waals surface area contributed by atoms with Crippen molar-refractivity contribution in [2.75, 3.05) is 32.8 Å². The van der Waals surface area contributed by atoms with Gasteiger partial charge in [0.05, 0.1) is 20.7 Å². The van der Waals surface area contributed by atoms with Gasteiger partial charge in [0.25, 0.3) is 0 Å². The van der Waals surface area contributed by atoms with E-state index in [1.807, 2.05) is 45.9 Å². The Balaban J connectivity index is 1.56. The minimum absolute atomic E-state index is 0.216. The van der Waals surface area contributed by atoms with Crippen LogP contribution >= 0.6 is 11.3 Å². The van der Waals surface area contributed by atoms with E-state index in [0.29, 0.717) is 38.5 Å². The Morgan fingerprint density at radius 3 is 2.34 bits per heavy atom. The number of thiazole rings is 1. The van der Waals surface area contributed by atoms with Crippen LogP contribution in [-0.4, -0.2) is 48.7 Å². The van der Waals surface area contributed by atoms with Crippen LogP contribution in [0.3, 0.4) is 0 Å². The second-order valence-corrected chi connectivity index (χ2v) is 10.4. The van der Waals surface area contributed by atoms with Crippen molar-refractivity contribution >= 4 is 27.5 Å². The van der Waals surface area contributed by atoms with Crippen molar-refractivity contribution in [1.29, 1.82) is 0 Å². The van der Waals surface area contributed by atoms with Gasteiger partial charge in [-0.15, -0.1) is 11.3 Å². The molecule has 0 atom stereocenters. The van der Waals surface area contributed by atoms with Gasteiger partial charge in [0.2, 0.25) is 0 Å². The molecule has 0 aliphatic carbocycles. The number of para-hydroxylation sites is 1. The number of alkyl halides is 3. The number of rotatable bonds is 10. The zero-order chi connectivity index (χ0) is 25.6. The maximum atomic E-state index is 12.8. The number of benzene rings is 2. The first-order valence-corrected chi connectivity index (χ1v) is 12.4. The first-order chi connectivity index (χ1) is 16.5. The highest BCUT2D eigenvalue weighted by Crippen LogP contribution is 2.32. The van der Waals surface area contributed by atoms with Gasteiger partial charge in [-0.05, 0) is 57.1 Å². The highest BCUT2D eigenvalue weighted by Gasteiger charge is 2.30. The van der Waals surface area contributed by atoms with Crippen molar-refractivity contribution in [2.24, 2.45) is 5.41 Å². The fourth-order valence-electron chi connectivity index (χ4n) is 3.34. The third-order valence-electron chi connectivity index (χ3n) is 5.43. The molecule has 0 unspecified atom stereocenters. The zero-order valence-corrected chi connectivity index (χ0v) is 21.3. The first kappa shape index (κ1) is 26.9. The van der Waals surface area contributed by atoms with Crippen LogP contribution in [0.5, 0.6) is 5.75 Å². The number of hydrogen-bond donors (Lipinski definition) is 0. The number of carbonyl (C=O) groups excluding carboxylic acids is 1. The largest absolute Gasteiger partial charge is 0.490 e. The molecule has 0 aliphatic rings.